The molecule has 0 radical (unpaired) electrons. The van der Waals surface area contributed by atoms with Gasteiger partial charge in [0.15, 0.2) is 0 Å². The maximum Gasteiger partial charge on any atom is 0.225 e. The normalized spacial score (nSPS) is 19.7. The van der Waals surface area contributed by atoms with E-state index in [2.05, 4.69) is 78.0 Å². The number of aliphatic imine (C=N–C) groups is 1. The number of rotatable bonds is 9. The van der Waals surface area contributed by atoms with Gasteiger partial charge in [-0.05, 0) is 64.3 Å². The average Bonchev–Trinajstić information content (AvgIpc) is 3.70. The zero-order chi connectivity index (χ0) is 34.5. The van der Waals surface area contributed by atoms with Gasteiger partial charge in [-0.25, -0.2) is 4.98 Å². The Hall–Kier alpha value is -4.00. The molecule has 2 heterocycles. The molecule has 2 fully saturated rings. The van der Waals surface area contributed by atoms with E-state index in [9.17, 15) is 9.59 Å². The minimum atomic E-state index is -0.464. The van der Waals surface area contributed by atoms with Crippen LogP contribution in [0.5, 0.6) is 0 Å². The van der Waals surface area contributed by atoms with E-state index in [4.69, 9.17) is 9.98 Å². The van der Waals surface area contributed by atoms with Crippen molar-refractivity contribution in [3.05, 3.63) is 72.3 Å². The number of carbonyl (C=O) groups excluding carboxylic acids is 2. The summed E-state index contributed by atoms with van der Waals surface area (Å²) in [5.74, 6) is 0.947. The van der Waals surface area contributed by atoms with Crippen LogP contribution >= 0.6 is 0 Å². The van der Waals surface area contributed by atoms with Crippen LogP contribution in [0.1, 0.15) is 118 Å². The van der Waals surface area contributed by atoms with Crippen LogP contribution in [0.3, 0.4) is 0 Å². The van der Waals surface area contributed by atoms with E-state index in [0.717, 1.165) is 71.6 Å². The second-order valence-corrected chi connectivity index (χ2v) is 17.1. The lowest BCUT2D eigenvalue weighted by atomic mass is 9.63. The molecule has 48 heavy (non-hydrogen) atoms. The summed E-state index contributed by atoms with van der Waals surface area (Å²) in [6, 6.07) is 17.1. The third kappa shape index (κ3) is 6.79. The molecular formula is C41H53N5O2. The van der Waals surface area contributed by atoms with E-state index in [0.29, 0.717) is 0 Å². The van der Waals surface area contributed by atoms with Gasteiger partial charge in [0.1, 0.15) is 5.82 Å². The molecule has 0 bridgehead atoms. The minimum absolute atomic E-state index is 0.00688. The van der Waals surface area contributed by atoms with E-state index >= 15 is 0 Å². The molecule has 6 rings (SSSR count). The van der Waals surface area contributed by atoms with Gasteiger partial charge in [0.2, 0.25) is 11.8 Å². The molecule has 1 aromatic heterocycles. The standard InChI is InChI=1S/C41H53N5O2/c1-38(2,3)36(47)45-33(40(7)19-9-20-40)31-23-30(24-42-31)28-13-11-26(12-14-28)27-15-17-29(18-16-27)32-25-43-35(44-32)34(41(8)21-10-22-41)46-37(48)39(4,5)6/h11-18,24-25,33-34H,9-10,19-23H2,1-8H3,(H,43,44)(H,45,47)(H,46,48)/t33-,34?/m1/s1. The number of hydrogen-bond donors (Lipinski definition) is 3. The van der Waals surface area contributed by atoms with Crippen LogP contribution in [0.4, 0.5) is 0 Å². The fourth-order valence-electron chi connectivity index (χ4n) is 7.12. The van der Waals surface area contributed by atoms with Gasteiger partial charge in [-0.3, -0.25) is 14.6 Å². The molecule has 2 saturated carbocycles. The summed E-state index contributed by atoms with van der Waals surface area (Å²) in [5.41, 5.74) is 6.88. The van der Waals surface area contributed by atoms with Gasteiger partial charge in [0.05, 0.1) is 24.0 Å². The number of benzene rings is 2. The molecule has 2 atom stereocenters. The number of allylic oxidation sites excluding steroid dienone is 1. The van der Waals surface area contributed by atoms with Crippen molar-refractivity contribution in [2.24, 2.45) is 26.7 Å². The van der Waals surface area contributed by atoms with Crippen LogP contribution < -0.4 is 10.6 Å². The van der Waals surface area contributed by atoms with Crippen molar-refractivity contribution in [3.63, 3.8) is 0 Å². The highest BCUT2D eigenvalue weighted by Gasteiger charge is 2.45. The first kappa shape index (κ1) is 33.9. The van der Waals surface area contributed by atoms with Crippen molar-refractivity contribution in [2.75, 3.05) is 0 Å². The Bertz CT molecular complexity index is 1720. The Morgan fingerprint density at radius 1 is 0.708 bits per heavy atom. The lowest BCUT2D eigenvalue weighted by molar-refractivity contribution is -0.131. The van der Waals surface area contributed by atoms with Gasteiger partial charge in [-0.15, -0.1) is 0 Å². The highest BCUT2D eigenvalue weighted by molar-refractivity contribution is 6.04. The van der Waals surface area contributed by atoms with Gasteiger partial charge >= 0.3 is 0 Å². The molecule has 3 aliphatic rings. The van der Waals surface area contributed by atoms with Crippen LogP contribution in [0.25, 0.3) is 28.0 Å². The number of aromatic nitrogens is 2. The monoisotopic (exact) mass is 647 g/mol. The predicted molar refractivity (Wildman–Crippen MR) is 195 cm³/mol. The zero-order valence-corrected chi connectivity index (χ0v) is 30.1. The van der Waals surface area contributed by atoms with Gasteiger partial charge in [0.25, 0.3) is 0 Å². The topological polar surface area (TPSA) is 99.2 Å². The Morgan fingerprint density at radius 2 is 1.17 bits per heavy atom. The predicted octanol–water partition coefficient (Wildman–Crippen LogP) is 9.04. The highest BCUT2D eigenvalue weighted by atomic mass is 16.2. The maximum absolute atomic E-state index is 13.0. The van der Waals surface area contributed by atoms with Crippen molar-refractivity contribution in [2.45, 2.75) is 112 Å². The van der Waals surface area contributed by atoms with E-state index < -0.39 is 10.8 Å². The fraction of sp³-hybridized carbons (Fsp3) is 0.512. The van der Waals surface area contributed by atoms with Crippen molar-refractivity contribution in [1.29, 1.82) is 0 Å². The Kier molecular flexibility index (Phi) is 8.80. The quantitative estimate of drug-likeness (QED) is 0.216. The molecular weight excluding hydrogens is 594 g/mol. The van der Waals surface area contributed by atoms with E-state index in [1.165, 1.54) is 18.4 Å². The summed E-state index contributed by atoms with van der Waals surface area (Å²) >= 11 is 0. The van der Waals surface area contributed by atoms with Gasteiger partial charge in [-0.2, -0.15) is 0 Å². The Labute approximate surface area is 286 Å². The van der Waals surface area contributed by atoms with E-state index in [1.54, 1.807) is 0 Å². The molecule has 7 heteroatoms. The largest absolute Gasteiger partial charge is 0.347 e. The lowest BCUT2D eigenvalue weighted by Gasteiger charge is -2.46. The third-order valence-corrected chi connectivity index (χ3v) is 11.0. The fourth-order valence-corrected chi connectivity index (χ4v) is 7.12. The number of hydrogen-bond acceptors (Lipinski definition) is 4. The summed E-state index contributed by atoms with van der Waals surface area (Å²) in [4.78, 5) is 39.1. The molecule has 2 aromatic carbocycles. The first-order valence-corrected chi connectivity index (χ1v) is 17.7. The maximum atomic E-state index is 13.0. The smallest absolute Gasteiger partial charge is 0.225 e. The van der Waals surface area contributed by atoms with E-state index in [1.807, 2.05) is 53.9 Å². The molecule has 2 aliphatic carbocycles. The molecule has 1 unspecified atom stereocenters. The summed E-state index contributed by atoms with van der Waals surface area (Å²) in [6.45, 7) is 16.3. The van der Waals surface area contributed by atoms with Crippen molar-refractivity contribution < 1.29 is 9.59 Å². The van der Waals surface area contributed by atoms with Crippen LogP contribution in [0, 0.1) is 21.7 Å². The molecule has 0 spiro atoms. The zero-order valence-electron chi connectivity index (χ0n) is 30.1. The van der Waals surface area contributed by atoms with Gasteiger partial charge in [-0.1, -0.05) is 117 Å². The van der Waals surface area contributed by atoms with E-state index in [-0.39, 0.29) is 34.7 Å². The summed E-state index contributed by atoms with van der Waals surface area (Å²) < 4.78 is 0. The first-order chi connectivity index (χ1) is 22.6. The second kappa shape index (κ2) is 12.5. The summed E-state index contributed by atoms with van der Waals surface area (Å²) in [5, 5.41) is 6.67. The molecule has 3 aromatic rings. The highest BCUT2D eigenvalue weighted by Crippen LogP contribution is 2.50. The number of H-pyrrole nitrogens is 1. The molecule has 7 nitrogen and oxygen atoms in total. The lowest BCUT2D eigenvalue weighted by Crippen LogP contribution is -2.56. The third-order valence-electron chi connectivity index (χ3n) is 11.0. The number of nitrogens with one attached hydrogen (secondary N) is 3. The number of nitrogens with zero attached hydrogens (tertiary/aromatic N) is 2. The number of carbonyl (C=O) groups is 2. The Balaban J connectivity index is 1.12. The van der Waals surface area contributed by atoms with Crippen LogP contribution in [0.15, 0.2) is 65.9 Å². The minimum Gasteiger partial charge on any atom is -0.347 e. The Morgan fingerprint density at radius 3 is 1.65 bits per heavy atom. The molecule has 254 valence electrons. The number of imidazole rings is 1. The van der Waals surface area contributed by atoms with Crippen LogP contribution in [-0.2, 0) is 9.59 Å². The van der Waals surface area contributed by atoms with Gasteiger partial charge in [0, 0.05) is 29.2 Å². The van der Waals surface area contributed by atoms with Crippen LogP contribution in [-0.4, -0.2) is 33.5 Å². The first-order valence-electron chi connectivity index (χ1n) is 17.7. The van der Waals surface area contributed by atoms with Gasteiger partial charge < -0.3 is 15.6 Å². The summed E-state index contributed by atoms with van der Waals surface area (Å²) in [6.07, 6.45) is 11.4. The second-order valence-electron chi connectivity index (χ2n) is 17.1. The summed E-state index contributed by atoms with van der Waals surface area (Å²) in [7, 11) is 0. The molecule has 2 amide bonds. The SMILES string of the molecule is CC(C)(C)C(=O)NC(c1ncc(-c2ccc(-c3ccc(C4=CN=C([C@@H](NC(=O)C(C)(C)C)C5(C)CCC5)C4)cc3)cc2)[nH]1)C1(C)CCC1. The van der Waals surface area contributed by atoms with Crippen molar-refractivity contribution in [3.8, 4) is 22.4 Å². The average molecular weight is 648 g/mol. The number of amides is 2. The molecule has 0 saturated heterocycles. The molecule has 1 aliphatic heterocycles. The molecule has 3 N–H and O–H groups in total. The number of aromatic amines is 1. The van der Waals surface area contributed by atoms with Crippen molar-refractivity contribution in [1.82, 2.24) is 20.6 Å². The van der Waals surface area contributed by atoms with Crippen LogP contribution in [0.2, 0.25) is 0 Å². The van der Waals surface area contributed by atoms with Crippen molar-refractivity contribution >= 4 is 23.1 Å².